The van der Waals surface area contributed by atoms with Gasteiger partial charge in [0.05, 0.1) is 10.7 Å². The molecule has 3 aromatic rings. The van der Waals surface area contributed by atoms with Gasteiger partial charge in [-0.15, -0.1) is 0 Å². The molecule has 0 fully saturated rings. The van der Waals surface area contributed by atoms with Crippen molar-refractivity contribution in [2.45, 2.75) is 27.2 Å². The van der Waals surface area contributed by atoms with Crippen molar-refractivity contribution in [3.63, 3.8) is 0 Å². The zero-order valence-corrected chi connectivity index (χ0v) is 18.5. The zero-order valence-electron chi connectivity index (χ0n) is 17.0. The molecule has 1 amide bonds. The maximum atomic E-state index is 12.6. The number of rotatable bonds is 5. The molecule has 0 spiro atoms. The molecular formula is C24H21Cl2N3O. The van der Waals surface area contributed by atoms with Crippen molar-refractivity contribution < 1.29 is 4.79 Å². The lowest BCUT2D eigenvalue weighted by Crippen LogP contribution is -2.13. The second-order valence-electron chi connectivity index (χ2n) is 6.93. The summed E-state index contributed by atoms with van der Waals surface area (Å²) in [6.45, 7) is 6.09. The number of aromatic nitrogens is 1. The van der Waals surface area contributed by atoms with Crippen LogP contribution in [-0.4, -0.2) is 10.5 Å². The van der Waals surface area contributed by atoms with E-state index in [9.17, 15) is 10.1 Å². The fraction of sp³-hybridized carbons (Fsp3) is 0.167. The summed E-state index contributed by atoms with van der Waals surface area (Å²) in [5.41, 5.74) is 5.46. The Bertz CT molecular complexity index is 1170. The lowest BCUT2D eigenvalue weighted by Gasteiger charge is -2.10. The van der Waals surface area contributed by atoms with Crippen LogP contribution in [0.3, 0.4) is 0 Å². The Balaban J connectivity index is 1.92. The van der Waals surface area contributed by atoms with Gasteiger partial charge in [-0.05, 0) is 73.9 Å². The number of nitrogens with zero attached hydrogens (tertiary/aromatic N) is 2. The van der Waals surface area contributed by atoms with Gasteiger partial charge >= 0.3 is 0 Å². The van der Waals surface area contributed by atoms with E-state index in [2.05, 4.69) is 41.1 Å². The fourth-order valence-electron chi connectivity index (χ4n) is 3.30. The van der Waals surface area contributed by atoms with Crippen LogP contribution in [-0.2, 0) is 11.2 Å². The zero-order chi connectivity index (χ0) is 21.8. The summed E-state index contributed by atoms with van der Waals surface area (Å²) in [5, 5.41) is 13.0. The van der Waals surface area contributed by atoms with Gasteiger partial charge < -0.3 is 9.88 Å². The summed E-state index contributed by atoms with van der Waals surface area (Å²) in [6, 6.07) is 17.1. The monoisotopic (exact) mass is 437 g/mol. The average molecular weight is 438 g/mol. The van der Waals surface area contributed by atoms with Gasteiger partial charge in [0.1, 0.15) is 11.6 Å². The first-order valence-electron chi connectivity index (χ1n) is 9.50. The number of amides is 1. The molecule has 2 aromatic carbocycles. The first-order valence-corrected chi connectivity index (χ1v) is 10.3. The molecule has 0 atom stereocenters. The highest BCUT2D eigenvalue weighted by molar-refractivity contribution is 6.36. The molecule has 0 radical (unpaired) electrons. The first-order chi connectivity index (χ1) is 14.3. The van der Waals surface area contributed by atoms with Crippen molar-refractivity contribution >= 4 is 40.9 Å². The van der Waals surface area contributed by atoms with E-state index in [1.807, 2.05) is 26.0 Å². The molecule has 30 heavy (non-hydrogen) atoms. The van der Waals surface area contributed by atoms with Gasteiger partial charge in [-0.2, -0.15) is 5.26 Å². The third-order valence-corrected chi connectivity index (χ3v) is 5.47. The van der Waals surface area contributed by atoms with Gasteiger partial charge in [-0.3, -0.25) is 4.79 Å². The van der Waals surface area contributed by atoms with E-state index in [1.165, 1.54) is 11.6 Å². The number of hydrogen-bond acceptors (Lipinski definition) is 2. The summed E-state index contributed by atoms with van der Waals surface area (Å²) in [4.78, 5) is 12.6. The Morgan fingerprint density at radius 2 is 1.83 bits per heavy atom. The molecule has 4 nitrogen and oxygen atoms in total. The van der Waals surface area contributed by atoms with Crippen molar-refractivity contribution in [1.29, 1.82) is 5.26 Å². The molecule has 0 unspecified atom stereocenters. The highest BCUT2D eigenvalue weighted by Crippen LogP contribution is 2.27. The van der Waals surface area contributed by atoms with Gasteiger partial charge in [0.15, 0.2) is 0 Å². The standard InChI is InChI=1S/C24H21Cl2N3O/c1-4-17-5-8-21(9-6-17)29-15(2)11-18(16(29)3)12-19(14-27)24(30)28-23-10-7-20(25)13-22(23)26/h5-13H,4H2,1-3H3,(H,28,30)/b19-12-. The molecule has 6 heteroatoms. The Kier molecular flexibility index (Phi) is 6.66. The predicted octanol–water partition coefficient (Wildman–Crippen LogP) is 6.51. The molecule has 1 N–H and O–H groups in total. The summed E-state index contributed by atoms with van der Waals surface area (Å²) >= 11 is 12.0. The Morgan fingerprint density at radius 1 is 1.13 bits per heavy atom. The smallest absolute Gasteiger partial charge is 0.266 e. The van der Waals surface area contributed by atoms with Crippen molar-refractivity contribution in [1.82, 2.24) is 4.57 Å². The normalized spacial score (nSPS) is 11.3. The van der Waals surface area contributed by atoms with E-state index in [4.69, 9.17) is 23.2 Å². The molecule has 152 valence electrons. The SMILES string of the molecule is CCc1ccc(-n2c(C)cc(/C=C(/C#N)C(=O)Nc3ccc(Cl)cc3Cl)c2C)cc1. The molecule has 1 aromatic heterocycles. The number of aryl methyl sites for hydroxylation is 2. The minimum atomic E-state index is -0.529. The van der Waals surface area contributed by atoms with Gasteiger partial charge in [-0.25, -0.2) is 0 Å². The molecule has 0 aliphatic rings. The van der Waals surface area contributed by atoms with Gasteiger partial charge in [-0.1, -0.05) is 42.3 Å². The Morgan fingerprint density at radius 3 is 2.43 bits per heavy atom. The highest BCUT2D eigenvalue weighted by atomic mass is 35.5. The van der Waals surface area contributed by atoms with Crippen LogP contribution in [0.5, 0.6) is 0 Å². The maximum absolute atomic E-state index is 12.6. The number of nitriles is 1. The molecule has 0 saturated carbocycles. The van der Waals surface area contributed by atoms with Crippen molar-refractivity contribution in [2.24, 2.45) is 0 Å². The summed E-state index contributed by atoms with van der Waals surface area (Å²) < 4.78 is 2.11. The van der Waals surface area contributed by atoms with Gasteiger partial charge in [0.25, 0.3) is 5.91 Å². The molecule has 0 saturated heterocycles. The van der Waals surface area contributed by atoms with E-state index in [-0.39, 0.29) is 5.57 Å². The largest absolute Gasteiger partial charge is 0.320 e. The molecule has 0 aliphatic carbocycles. The summed E-state index contributed by atoms with van der Waals surface area (Å²) in [7, 11) is 0. The van der Waals surface area contributed by atoms with Gasteiger partial charge in [0, 0.05) is 22.1 Å². The Hall–Kier alpha value is -3.00. The number of nitrogens with one attached hydrogen (secondary N) is 1. The van der Waals surface area contributed by atoms with Crippen LogP contribution in [0.4, 0.5) is 5.69 Å². The van der Waals surface area contributed by atoms with E-state index in [0.29, 0.717) is 15.7 Å². The maximum Gasteiger partial charge on any atom is 0.266 e. The minimum Gasteiger partial charge on any atom is -0.320 e. The number of carbonyl (C=O) groups excluding carboxylic acids is 1. The third kappa shape index (κ3) is 4.59. The van der Waals surface area contributed by atoms with Crippen LogP contribution in [0.25, 0.3) is 11.8 Å². The molecule has 0 aliphatic heterocycles. The number of hydrogen-bond donors (Lipinski definition) is 1. The van der Waals surface area contributed by atoms with Crippen LogP contribution in [0, 0.1) is 25.2 Å². The van der Waals surface area contributed by atoms with Crippen molar-refractivity contribution in [2.75, 3.05) is 5.32 Å². The van der Waals surface area contributed by atoms with Crippen LogP contribution in [0.1, 0.15) is 29.4 Å². The summed E-state index contributed by atoms with van der Waals surface area (Å²) in [5.74, 6) is -0.529. The first kappa shape index (κ1) is 21.7. The molecule has 3 rings (SSSR count). The van der Waals surface area contributed by atoms with Crippen LogP contribution in [0.15, 0.2) is 54.1 Å². The molecule has 1 heterocycles. The Labute approximate surface area is 186 Å². The number of anilines is 1. The topological polar surface area (TPSA) is 57.8 Å². The fourth-order valence-corrected chi connectivity index (χ4v) is 3.75. The predicted molar refractivity (Wildman–Crippen MR) is 123 cm³/mol. The van der Waals surface area contributed by atoms with Crippen molar-refractivity contribution in [3.8, 4) is 11.8 Å². The molecule has 0 bridgehead atoms. The number of halogens is 2. The number of benzene rings is 2. The second kappa shape index (κ2) is 9.21. The van der Waals surface area contributed by atoms with Crippen LogP contribution < -0.4 is 5.32 Å². The highest BCUT2D eigenvalue weighted by Gasteiger charge is 2.15. The second-order valence-corrected chi connectivity index (χ2v) is 7.77. The van der Waals surface area contributed by atoms with E-state index >= 15 is 0 Å². The lowest BCUT2D eigenvalue weighted by atomic mass is 10.1. The van der Waals surface area contributed by atoms with E-state index in [0.717, 1.165) is 29.1 Å². The van der Waals surface area contributed by atoms with E-state index < -0.39 is 5.91 Å². The van der Waals surface area contributed by atoms with Crippen molar-refractivity contribution in [3.05, 3.63) is 86.7 Å². The minimum absolute atomic E-state index is 0.0115. The molecular weight excluding hydrogens is 417 g/mol. The lowest BCUT2D eigenvalue weighted by molar-refractivity contribution is -0.112. The van der Waals surface area contributed by atoms with Crippen LogP contribution in [0.2, 0.25) is 10.0 Å². The number of carbonyl (C=O) groups is 1. The van der Waals surface area contributed by atoms with E-state index in [1.54, 1.807) is 18.2 Å². The van der Waals surface area contributed by atoms with Gasteiger partial charge in [0.2, 0.25) is 0 Å². The van der Waals surface area contributed by atoms with Crippen LogP contribution >= 0.6 is 23.2 Å². The average Bonchev–Trinajstić information content (AvgIpc) is 3.01. The summed E-state index contributed by atoms with van der Waals surface area (Å²) in [6.07, 6.45) is 2.58. The quantitative estimate of drug-likeness (QED) is 0.365. The third-order valence-electron chi connectivity index (χ3n) is 4.92.